The van der Waals surface area contributed by atoms with Crippen molar-refractivity contribution in [3.63, 3.8) is 0 Å². The van der Waals surface area contributed by atoms with Crippen molar-refractivity contribution in [1.29, 1.82) is 0 Å². The van der Waals surface area contributed by atoms with E-state index in [9.17, 15) is 17.6 Å². The number of likely N-dealkylation sites (tertiary alicyclic amines) is 1. The molecule has 31 heavy (non-hydrogen) atoms. The van der Waals surface area contributed by atoms with Crippen LogP contribution in [0.15, 0.2) is 41.1 Å². The number of hydrogen-bond acceptors (Lipinski definition) is 6. The third kappa shape index (κ3) is 4.71. The van der Waals surface area contributed by atoms with E-state index >= 15 is 0 Å². The summed E-state index contributed by atoms with van der Waals surface area (Å²) >= 11 is 0. The molecule has 0 aliphatic carbocycles. The predicted octanol–water partition coefficient (Wildman–Crippen LogP) is 4.30. The molecule has 0 bridgehead atoms. The van der Waals surface area contributed by atoms with Crippen molar-refractivity contribution >= 4 is 38.1 Å². The largest absolute Gasteiger partial charge is 0.448 e. The quantitative estimate of drug-likeness (QED) is 0.641. The summed E-state index contributed by atoms with van der Waals surface area (Å²) in [6.45, 7) is 6.19. The standard InChI is InChI=1S/C20H20FN3O4S.C2H6/c1-12-3-4-16(15(21)9-12)23-18-14-10-22-7-5-17(14)28-19(18)20(25)24-8-6-13(11-24)29(2,26)27;1-2/h3-5,7,9-10,13,23H,6,8,11H2,1-2H3;1-2H3. The summed E-state index contributed by atoms with van der Waals surface area (Å²) in [5.41, 5.74) is 1.71. The molecule has 1 aromatic carbocycles. The topological polar surface area (TPSA) is 92.5 Å². The van der Waals surface area contributed by atoms with Crippen molar-refractivity contribution in [2.24, 2.45) is 0 Å². The molecule has 0 saturated carbocycles. The Kier molecular flexibility index (Phi) is 6.64. The number of benzene rings is 1. The van der Waals surface area contributed by atoms with Crippen LogP contribution in [0.5, 0.6) is 0 Å². The van der Waals surface area contributed by atoms with Gasteiger partial charge in [0.25, 0.3) is 5.91 Å². The molecular weight excluding hydrogens is 421 g/mol. The molecule has 2 aromatic heterocycles. The lowest BCUT2D eigenvalue weighted by Crippen LogP contribution is -2.31. The Labute approximate surface area is 181 Å². The molecule has 1 aliphatic rings. The summed E-state index contributed by atoms with van der Waals surface area (Å²) in [6.07, 6.45) is 4.62. The average molecular weight is 448 g/mol. The van der Waals surface area contributed by atoms with Crippen LogP contribution in [0.1, 0.15) is 36.4 Å². The van der Waals surface area contributed by atoms with Gasteiger partial charge in [0.05, 0.1) is 16.3 Å². The normalized spacial score (nSPS) is 16.2. The highest BCUT2D eigenvalue weighted by molar-refractivity contribution is 7.91. The number of furan rings is 1. The summed E-state index contributed by atoms with van der Waals surface area (Å²) in [4.78, 5) is 18.6. The number of sulfone groups is 1. The molecule has 7 nitrogen and oxygen atoms in total. The van der Waals surface area contributed by atoms with Gasteiger partial charge in [0.15, 0.2) is 9.84 Å². The van der Waals surface area contributed by atoms with Gasteiger partial charge >= 0.3 is 0 Å². The summed E-state index contributed by atoms with van der Waals surface area (Å²) < 4.78 is 43.8. The Balaban J connectivity index is 0.00000132. The molecule has 0 spiro atoms. The lowest BCUT2D eigenvalue weighted by atomic mass is 10.2. The number of carbonyl (C=O) groups excluding carboxylic acids is 1. The van der Waals surface area contributed by atoms with E-state index in [0.29, 0.717) is 29.6 Å². The first-order valence-electron chi connectivity index (χ1n) is 10.1. The number of aryl methyl sites for hydroxylation is 1. The van der Waals surface area contributed by atoms with E-state index in [-0.39, 0.29) is 18.0 Å². The van der Waals surface area contributed by atoms with Crippen molar-refractivity contribution in [1.82, 2.24) is 9.88 Å². The summed E-state index contributed by atoms with van der Waals surface area (Å²) in [5, 5.41) is 2.91. The minimum Gasteiger partial charge on any atom is -0.448 e. The monoisotopic (exact) mass is 447 g/mol. The molecule has 1 amide bonds. The van der Waals surface area contributed by atoms with Gasteiger partial charge in [-0.3, -0.25) is 9.78 Å². The van der Waals surface area contributed by atoms with Crippen molar-refractivity contribution < 1.29 is 22.0 Å². The molecule has 3 aromatic rings. The first-order chi connectivity index (χ1) is 14.7. The molecular formula is C22H26FN3O4S. The summed E-state index contributed by atoms with van der Waals surface area (Å²) in [5.74, 6) is -0.899. The smallest absolute Gasteiger partial charge is 0.291 e. The van der Waals surface area contributed by atoms with E-state index in [1.807, 2.05) is 13.8 Å². The Morgan fingerprint density at radius 3 is 2.68 bits per heavy atom. The summed E-state index contributed by atoms with van der Waals surface area (Å²) in [6, 6.07) is 6.35. The fraction of sp³-hybridized carbons (Fsp3) is 0.364. The third-order valence-electron chi connectivity index (χ3n) is 5.11. The van der Waals surface area contributed by atoms with E-state index < -0.39 is 26.8 Å². The molecule has 9 heteroatoms. The molecule has 1 atom stereocenters. The SMILES string of the molecule is CC.Cc1ccc(Nc2c(C(=O)N3CCC(S(C)(=O)=O)C3)oc3ccncc23)c(F)c1. The Morgan fingerprint density at radius 1 is 1.29 bits per heavy atom. The fourth-order valence-electron chi connectivity index (χ4n) is 3.48. The number of aromatic nitrogens is 1. The number of amides is 1. The van der Waals surface area contributed by atoms with Gasteiger partial charge in [-0.25, -0.2) is 12.8 Å². The third-order valence-corrected chi connectivity index (χ3v) is 6.70. The van der Waals surface area contributed by atoms with Gasteiger partial charge in [-0.1, -0.05) is 19.9 Å². The summed E-state index contributed by atoms with van der Waals surface area (Å²) in [7, 11) is -3.24. The van der Waals surface area contributed by atoms with Crippen molar-refractivity contribution in [2.45, 2.75) is 32.4 Å². The number of carbonyl (C=O) groups is 1. The van der Waals surface area contributed by atoms with E-state index in [2.05, 4.69) is 10.3 Å². The molecule has 1 unspecified atom stereocenters. The maximum absolute atomic E-state index is 14.4. The second-order valence-electron chi connectivity index (χ2n) is 7.28. The van der Waals surface area contributed by atoms with E-state index in [1.54, 1.807) is 25.1 Å². The number of pyridine rings is 1. The lowest BCUT2D eigenvalue weighted by Gasteiger charge is -2.16. The zero-order valence-corrected chi connectivity index (χ0v) is 18.8. The number of rotatable bonds is 4. The second-order valence-corrected chi connectivity index (χ2v) is 9.60. The van der Waals surface area contributed by atoms with E-state index in [4.69, 9.17) is 4.42 Å². The van der Waals surface area contributed by atoms with Crippen LogP contribution in [-0.4, -0.2) is 48.8 Å². The molecule has 4 rings (SSSR count). The van der Waals surface area contributed by atoms with Gasteiger partial charge < -0.3 is 14.6 Å². The molecule has 0 radical (unpaired) electrons. The van der Waals surface area contributed by atoms with Crippen LogP contribution in [0.4, 0.5) is 15.8 Å². The minimum atomic E-state index is -3.24. The van der Waals surface area contributed by atoms with Crippen molar-refractivity contribution in [3.05, 3.63) is 53.8 Å². The number of fused-ring (bicyclic) bond motifs is 1. The lowest BCUT2D eigenvalue weighted by molar-refractivity contribution is 0.0765. The van der Waals surface area contributed by atoms with Crippen LogP contribution in [0.2, 0.25) is 0 Å². The highest BCUT2D eigenvalue weighted by atomic mass is 32.2. The Hall–Kier alpha value is -2.94. The molecule has 1 saturated heterocycles. The van der Waals surface area contributed by atoms with Crippen LogP contribution >= 0.6 is 0 Å². The zero-order chi connectivity index (χ0) is 22.8. The van der Waals surface area contributed by atoms with E-state index in [0.717, 1.165) is 5.56 Å². The van der Waals surface area contributed by atoms with Gasteiger partial charge in [0.1, 0.15) is 17.1 Å². The minimum absolute atomic E-state index is 0.00197. The van der Waals surface area contributed by atoms with Crippen LogP contribution in [-0.2, 0) is 9.84 Å². The number of anilines is 2. The van der Waals surface area contributed by atoms with Crippen LogP contribution in [0.25, 0.3) is 11.0 Å². The van der Waals surface area contributed by atoms with Gasteiger partial charge in [0.2, 0.25) is 5.76 Å². The zero-order valence-electron chi connectivity index (χ0n) is 18.0. The van der Waals surface area contributed by atoms with Crippen LogP contribution < -0.4 is 5.32 Å². The van der Waals surface area contributed by atoms with Crippen molar-refractivity contribution in [2.75, 3.05) is 24.7 Å². The molecule has 1 aliphatic heterocycles. The first kappa shape index (κ1) is 22.7. The highest BCUT2D eigenvalue weighted by Gasteiger charge is 2.35. The van der Waals surface area contributed by atoms with Gasteiger partial charge in [0, 0.05) is 31.7 Å². The average Bonchev–Trinajstić information content (AvgIpc) is 3.37. The van der Waals surface area contributed by atoms with Crippen LogP contribution in [0, 0.1) is 12.7 Å². The van der Waals surface area contributed by atoms with E-state index in [1.165, 1.54) is 29.6 Å². The maximum atomic E-state index is 14.4. The van der Waals surface area contributed by atoms with Crippen LogP contribution in [0.3, 0.4) is 0 Å². The molecule has 3 heterocycles. The number of nitrogens with one attached hydrogen (secondary N) is 1. The van der Waals surface area contributed by atoms with Gasteiger partial charge in [-0.2, -0.15) is 0 Å². The predicted molar refractivity (Wildman–Crippen MR) is 119 cm³/mol. The Morgan fingerprint density at radius 2 is 2.03 bits per heavy atom. The molecule has 166 valence electrons. The molecule has 1 N–H and O–H groups in total. The van der Waals surface area contributed by atoms with Gasteiger partial charge in [-0.15, -0.1) is 0 Å². The number of nitrogens with zero attached hydrogens (tertiary/aromatic N) is 2. The van der Waals surface area contributed by atoms with Crippen molar-refractivity contribution in [3.8, 4) is 0 Å². The maximum Gasteiger partial charge on any atom is 0.291 e. The Bertz CT molecular complexity index is 1210. The second kappa shape index (κ2) is 9.05. The number of hydrogen-bond donors (Lipinski definition) is 1. The van der Waals surface area contributed by atoms with Gasteiger partial charge in [-0.05, 0) is 37.1 Å². The fourth-order valence-corrected chi connectivity index (χ4v) is 4.46. The molecule has 1 fully saturated rings. The number of halogens is 1. The highest BCUT2D eigenvalue weighted by Crippen LogP contribution is 2.35. The first-order valence-corrected chi connectivity index (χ1v) is 12.1.